The number of hydrogen-bond donors (Lipinski definition) is 0. The predicted octanol–water partition coefficient (Wildman–Crippen LogP) is 1.02. The van der Waals surface area contributed by atoms with Crippen LogP contribution < -0.4 is 0 Å². The minimum atomic E-state index is 0.546. The van der Waals surface area contributed by atoms with Crippen LogP contribution in [-0.4, -0.2) is 7.11 Å². The molecule has 1 aliphatic heterocycles. The molecule has 0 unspecified atom stereocenters. The van der Waals surface area contributed by atoms with Gasteiger partial charge in [0.05, 0.1) is 13.2 Å². The second-order valence-electron chi connectivity index (χ2n) is 1.24. The van der Waals surface area contributed by atoms with Crippen LogP contribution in [0.5, 0.6) is 0 Å². The van der Waals surface area contributed by atoms with E-state index in [1.54, 1.807) is 13.2 Å². The lowest BCUT2D eigenvalue weighted by Gasteiger charge is -2.14. The first-order valence-corrected chi connectivity index (χ1v) is 1.95. The van der Waals surface area contributed by atoms with E-state index in [0.29, 0.717) is 11.7 Å². The van der Waals surface area contributed by atoms with E-state index in [1.807, 2.05) is 0 Å². The Morgan fingerprint density at radius 3 is 2.57 bits per heavy atom. The van der Waals surface area contributed by atoms with Crippen molar-refractivity contribution < 1.29 is 9.47 Å². The van der Waals surface area contributed by atoms with Crippen molar-refractivity contribution in [3.8, 4) is 0 Å². The molecule has 1 aliphatic rings. The Labute approximate surface area is 42.0 Å². The Morgan fingerprint density at radius 1 is 1.86 bits per heavy atom. The highest BCUT2D eigenvalue weighted by Crippen LogP contribution is 2.17. The predicted molar refractivity (Wildman–Crippen MR) is 25.3 cm³/mol. The Hall–Kier alpha value is -0.920. The number of rotatable bonds is 1. The van der Waals surface area contributed by atoms with Crippen LogP contribution in [0, 0.1) is 0 Å². The topological polar surface area (TPSA) is 18.5 Å². The molecule has 2 nitrogen and oxygen atoms in total. The maximum absolute atomic E-state index is 4.73. The summed E-state index contributed by atoms with van der Waals surface area (Å²) in [5.41, 5.74) is 0. The summed E-state index contributed by atoms with van der Waals surface area (Å²) in [5, 5.41) is 0. The molecule has 0 aliphatic carbocycles. The van der Waals surface area contributed by atoms with Gasteiger partial charge in [-0.05, 0) is 0 Å². The first-order valence-electron chi connectivity index (χ1n) is 1.95. The van der Waals surface area contributed by atoms with E-state index in [2.05, 4.69) is 11.3 Å². The van der Waals surface area contributed by atoms with Gasteiger partial charge in [0.25, 0.3) is 5.95 Å². The van der Waals surface area contributed by atoms with Crippen LogP contribution in [0.15, 0.2) is 24.4 Å². The molecule has 0 bridgehead atoms. The summed E-state index contributed by atoms with van der Waals surface area (Å²) < 4.78 is 9.37. The second kappa shape index (κ2) is 1.30. The van der Waals surface area contributed by atoms with Crippen molar-refractivity contribution in [3.63, 3.8) is 0 Å². The van der Waals surface area contributed by atoms with Crippen LogP contribution >= 0.6 is 0 Å². The maximum atomic E-state index is 4.73. The van der Waals surface area contributed by atoms with Crippen molar-refractivity contribution >= 4 is 0 Å². The van der Waals surface area contributed by atoms with Crippen molar-refractivity contribution in [1.82, 2.24) is 0 Å². The molecule has 0 aromatic carbocycles. The first-order chi connectivity index (χ1) is 3.33. The number of allylic oxidation sites excluding steroid dienone is 1. The summed E-state index contributed by atoms with van der Waals surface area (Å²) in [6.07, 6.45) is 1.72. The zero-order valence-electron chi connectivity index (χ0n) is 4.10. The van der Waals surface area contributed by atoms with E-state index in [9.17, 15) is 0 Å². The van der Waals surface area contributed by atoms with Gasteiger partial charge in [0.15, 0.2) is 0 Å². The van der Waals surface area contributed by atoms with E-state index in [4.69, 9.17) is 4.74 Å². The molecule has 2 heteroatoms. The fourth-order valence-electron chi connectivity index (χ4n) is 0.362. The Balaban J connectivity index is 2.50. The molecule has 1 heterocycles. The molecule has 0 saturated carbocycles. The molecule has 38 valence electrons. The third-order valence-corrected chi connectivity index (χ3v) is 0.712. The monoisotopic (exact) mass is 98.0 g/mol. The van der Waals surface area contributed by atoms with Gasteiger partial charge in [0.1, 0.15) is 5.76 Å². The van der Waals surface area contributed by atoms with E-state index < -0.39 is 0 Å². The molecule has 0 aromatic heterocycles. The lowest BCUT2D eigenvalue weighted by molar-refractivity contribution is 0.0790. The van der Waals surface area contributed by atoms with Gasteiger partial charge in [-0.3, -0.25) is 0 Å². The van der Waals surface area contributed by atoms with Gasteiger partial charge in [-0.2, -0.15) is 0 Å². The van der Waals surface area contributed by atoms with Crippen LogP contribution in [0.2, 0.25) is 0 Å². The summed E-state index contributed by atoms with van der Waals surface area (Å²) in [5.74, 6) is 1.21. The van der Waals surface area contributed by atoms with E-state index in [0.717, 1.165) is 0 Å². The standard InChI is InChI=1S/C5H6O2/c1-4-3-5(6-2)7-4/h3H,1H2,2H3. The average molecular weight is 98.1 g/mol. The van der Waals surface area contributed by atoms with Gasteiger partial charge >= 0.3 is 0 Å². The molecule has 0 fully saturated rings. The van der Waals surface area contributed by atoms with Gasteiger partial charge in [0, 0.05) is 0 Å². The molecule has 1 rings (SSSR count). The van der Waals surface area contributed by atoms with Crippen molar-refractivity contribution in [2.75, 3.05) is 7.11 Å². The van der Waals surface area contributed by atoms with Gasteiger partial charge in [0.2, 0.25) is 0 Å². The molecule has 0 spiro atoms. The van der Waals surface area contributed by atoms with Crippen LogP contribution in [0.25, 0.3) is 0 Å². The number of methoxy groups -OCH3 is 1. The normalized spacial score (nSPS) is 16.7. The molecular weight excluding hydrogens is 92.1 g/mol. The van der Waals surface area contributed by atoms with Crippen LogP contribution in [0.1, 0.15) is 0 Å². The highest BCUT2D eigenvalue weighted by molar-refractivity contribution is 5.18. The number of hydrogen-bond acceptors (Lipinski definition) is 2. The van der Waals surface area contributed by atoms with Crippen molar-refractivity contribution in [2.24, 2.45) is 0 Å². The van der Waals surface area contributed by atoms with E-state index in [1.165, 1.54) is 0 Å². The smallest absolute Gasteiger partial charge is 0.288 e. The van der Waals surface area contributed by atoms with Gasteiger partial charge in [-0.15, -0.1) is 0 Å². The molecular formula is C5H6O2. The molecule has 0 radical (unpaired) electrons. The van der Waals surface area contributed by atoms with Crippen molar-refractivity contribution in [3.05, 3.63) is 24.4 Å². The van der Waals surface area contributed by atoms with Crippen molar-refractivity contribution in [2.45, 2.75) is 0 Å². The Kier molecular flexibility index (Phi) is 0.785. The average Bonchev–Trinajstić information content (AvgIpc) is 1.58. The summed E-state index contributed by atoms with van der Waals surface area (Å²) in [6.45, 7) is 3.48. The largest absolute Gasteiger partial charge is 0.468 e. The molecule has 0 aromatic rings. The third kappa shape index (κ3) is 0.585. The zero-order chi connectivity index (χ0) is 5.28. The highest BCUT2D eigenvalue weighted by Gasteiger charge is 2.09. The molecule has 7 heavy (non-hydrogen) atoms. The maximum Gasteiger partial charge on any atom is 0.288 e. The molecule has 0 atom stereocenters. The molecule has 0 saturated heterocycles. The number of ether oxygens (including phenoxy) is 2. The fraction of sp³-hybridized carbons (Fsp3) is 0.200. The summed E-state index contributed by atoms with van der Waals surface area (Å²) in [7, 11) is 1.55. The fourth-order valence-corrected chi connectivity index (χ4v) is 0.362. The Morgan fingerprint density at radius 2 is 2.43 bits per heavy atom. The van der Waals surface area contributed by atoms with Gasteiger partial charge in [-0.1, -0.05) is 6.58 Å². The molecule has 0 amide bonds. The Bertz CT molecular complexity index is 124. The minimum Gasteiger partial charge on any atom is -0.468 e. The summed E-state index contributed by atoms with van der Waals surface area (Å²) in [6, 6.07) is 0. The van der Waals surface area contributed by atoms with E-state index >= 15 is 0 Å². The zero-order valence-corrected chi connectivity index (χ0v) is 4.10. The SMILES string of the molecule is C=C1C=C(OC)O1. The molecule has 0 N–H and O–H groups in total. The van der Waals surface area contributed by atoms with Crippen LogP contribution in [-0.2, 0) is 9.47 Å². The van der Waals surface area contributed by atoms with Gasteiger partial charge in [-0.25, -0.2) is 0 Å². The van der Waals surface area contributed by atoms with Crippen LogP contribution in [0.4, 0.5) is 0 Å². The quantitative estimate of drug-likeness (QED) is 0.487. The summed E-state index contributed by atoms with van der Waals surface area (Å²) in [4.78, 5) is 0. The summed E-state index contributed by atoms with van der Waals surface area (Å²) >= 11 is 0. The minimum absolute atomic E-state index is 0.546. The van der Waals surface area contributed by atoms with Crippen molar-refractivity contribution in [1.29, 1.82) is 0 Å². The highest BCUT2D eigenvalue weighted by atomic mass is 16.7. The first kappa shape index (κ1) is 4.24. The lowest BCUT2D eigenvalue weighted by atomic mass is 10.4. The lowest BCUT2D eigenvalue weighted by Crippen LogP contribution is -2.02. The third-order valence-electron chi connectivity index (χ3n) is 0.712. The van der Waals surface area contributed by atoms with E-state index in [-0.39, 0.29) is 0 Å². The second-order valence-corrected chi connectivity index (χ2v) is 1.24. The van der Waals surface area contributed by atoms with Crippen LogP contribution in [0.3, 0.4) is 0 Å². The van der Waals surface area contributed by atoms with Gasteiger partial charge < -0.3 is 9.47 Å².